The molecule has 2 rings (SSSR count). The van der Waals surface area contributed by atoms with Gasteiger partial charge in [0.2, 0.25) is 0 Å². The molecule has 0 saturated heterocycles. The maximum atomic E-state index is 12.9. The van der Waals surface area contributed by atoms with Gasteiger partial charge in [-0.3, -0.25) is 0 Å². The molecule has 19 heavy (non-hydrogen) atoms. The zero-order chi connectivity index (χ0) is 14.1. The summed E-state index contributed by atoms with van der Waals surface area (Å²) in [5, 5.41) is 13.1. The molecule has 0 fully saturated rings. The van der Waals surface area contributed by atoms with Gasteiger partial charge in [-0.2, -0.15) is 13.2 Å². The van der Waals surface area contributed by atoms with Crippen molar-refractivity contribution in [3.63, 3.8) is 0 Å². The molecular formula is C12H13F3N2O2. The summed E-state index contributed by atoms with van der Waals surface area (Å²) in [4.78, 5) is 4.30. The Morgan fingerprint density at radius 2 is 1.95 bits per heavy atom. The molecule has 1 aliphatic heterocycles. The highest BCUT2D eigenvalue weighted by molar-refractivity contribution is 6.03. The molecule has 2 atom stereocenters. The van der Waals surface area contributed by atoms with E-state index in [0.29, 0.717) is 5.56 Å². The molecule has 4 nitrogen and oxygen atoms in total. The summed E-state index contributed by atoms with van der Waals surface area (Å²) in [5.41, 5.74) is 5.86. The molecule has 1 aliphatic rings. The Hall–Kier alpha value is -1.60. The first-order valence-corrected chi connectivity index (χ1v) is 5.71. The predicted octanol–water partition coefficient (Wildman–Crippen LogP) is 1.64. The van der Waals surface area contributed by atoms with Crippen LogP contribution in [0, 0.1) is 5.92 Å². The number of benzene rings is 1. The number of nitrogens with zero attached hydrogens (tertiary/aromatic N) is 1. The fourth-order valence-electron chi connectivity index (χ4n) is 2.04. The van der Waals surface area contributed by atoms with Crippen LogP contribution < -0.4 is 5.73 Å². The van der Waals surface area contributed by atoms with Crippen molar-refractivity contribution in [2.24, 2.45) is 16.8 Å². The lowest BCUT2D eigenvalue weighted by Crippen LogP contribution is -2.52. The molecule has 0 aliphatic carbocycles. The van der Waals surface area contributed by atoms with Crippen molar-refractivity contribution in [2.75, 3.05) is 6.54 Å². The lowest BCUT2D eigenvalue weighted by atomic mass is 9.87. The zero-order valence-corrected chi connectivity index (χ0v) is 9.89. The second-order valence-corrected chi connectivity index (χ2v) is 4.26. The van der Waals surface area contributed by atoms with Gasteiger partial charge in [0.1, 0.15) is 0 Å². The molecule has 2 unspecified atom stereocenters. The van der Waals surface area contributed by atoms with Crippen molar-refractivity contribution in [1.82, 2.24) is 0 Å². The Labute approximate surface area is 107 Å². The van der Waals surface area contributed by atoms with E-state index < -0.39 is 17.9 Å². The Balaban J connectivity index is 2.37. The van der Waals surface area contributed by atoms with Crippen LogP contribution in [0.1, 0.15) is 12.0 Å². The van der Waals surface area contributed by atoms with Crippen LogP contribution >= 0.6 is 0 Å². The van der Waals surface area contributed by atoms with Crippen molar-refractivity contribution in [2.45, 2.75) is 18.4 Å². The molecule has 0 aromatic heterocycles. The molecule has 0 bridgehead atoms. The van der Waals surface area contributed by atoms with E-state index in [9.17, 15) is 18.3 Å². The van der Waals surface area contributed by atoms with Crippen molar-refractivity contribution >= 4 is 5.71 Å². The van der Waals surface area contributed by atoms with Gasteiger partial charge in [0, 0.05) is 0 Å². The van der Waals surface area contributed by atoms with Crippen LogP contribution in [-0.2, 0) is 4.84 Å². The maximum Gasteiger partial charge on any atom is 0.458 e. The highest BCUT2D eigenvalue weighted by Gasteiger charge is 2.66. The summed E-state index contributed by atoms with van der Waals surface area (Å²) in [7, 11) is 0. The summed E-state index contributed by atoms with van der Waals surface area (Å²) in [6.45, 7) is -0.0156. The monoisotopic (exact) mass is 274 g/mol. The number of hydrogen-bond acceptors (Lipinski definition) is 4. The lowest BCUT2D eigenvalue weighted by Gasteiger charge is -2.29. The van der Waals surface area contributed by atoms with Gasteiger partial charge in [0.15, 0.2) is 0 Å². The van der Waals surface area contributed by atoms with Gasteiger partial charge in [-0.15, -0.1) is 0 Å². The van der Waals surface area contributed by atoms with Gasteiger partial charge in [0.05, 0.1) is 11.6 Å². The van der Waals surface area contributed by atoms with Gasteiger partial charge in [-0.05, 0) is 18.5 Å². The van der Waals surface area contributed by atoms with Crippen LogP contribution in [0.15, 0.2) is 35.5 Å². The molecule has 1 aromatic rings. The maximum absolute atomic E-state index is 12.9. The third-order valence-corrected chi connectivity index (χ3v) is 3.02. The molecule has 104 valence electrons. The van der Waals surface area contributed by atoms with E-state index in [2.05, 4.69) is 9.99 Å². The third-order valence-electron chi connectivity index (χ3n) is 3.02. The van der Waals surface area contributed by atoms with Gasteiger partial charge in [0.25, 0.3) is 0 Å². The molecule has 7 heteroatoms. The average Bonchev–Trinajstić information content (AvgIpc) is 2.70. The number of alkyl halides is 3. The van der Waals surface area contributed by atoms with E-state index >= 15 is 0 Å². The highest BCUT2D eigenvalue weighted by atomic mass is 19.4. The van der Waals surface area contributed by atoms with Crippen LogP contribution in [0.2, 0.25) is 0 Å². The molecule has 3 N–H and O–H groups in total. The van der Waals surface area contributed by atoms with E-state index in [1.165, 1.54) is 0 Å². The standard InChI is InChI=1S/C12H13F3N2O2/c13-12(14,15)11(18)9(6-7-16)10(17-19-11)8-4-2-1-3-5-8/h1-5,9,18H,6-7,16H2. The number of nitrogens with two attached hydrogens (primary N) is 1. The smallest absolute Gasteiger partial charge is 0.349 e. The topological polar surface area (TPSA) is 67.8 Å². The van der Waals surface area contributed by atoms with Crippen LogP contribution in [0.5, 0.6) is 0 Å². The molecule has 1 heterocycles. The van der Waals surface area contributed by atoms with Crippen molar-refractivity contribution in [3.8, 4) is 0 Å². The largest absolute Gasteiger partial charge is 0.458 e. The first-order chi connectivity index (χ1) is 8.90. The minimum absolute atomic E-state index is 0.0156. The van der Waals surface area contributed by atoms with Crippen molar-refractivity contribution in [3.05, 3.63) is 35.9 Å². The second kappa shape index (κ2) is 4.82. The first-order valence-electron chi connectivity index (χ1n) is 5.71. The van der Waals surface area contributed by atoms with E-state index in [1.807, 2.05) is 0 Å². The van der Waals surface area contributed by atoms with Gasteiger partial charge >= 0.3 is 12.0 Å². The van der Waals surface area contributed by atoms with Gasteiger partial charge in [-0.1, -0.05) is 35.5 Å². The van der Waals surface area contributed by atoms with E-state index in [1.54, 1.807) is 30.3 Å². The summed E-state index contributed by atoms with van der Waals surface area (Å²) >= 11 is 0. The highest BCUT2D eigenvalue weighted by Crippen LogP contribution is 2.44. The number of aliphatic hydroxyl groups is 1. The predicted molar refractivity (Wildman–Crippen MR) is 62.2 cm³/mol. The summed E-state index contributed by atoms with van der Waals surface area (Å²) < 4.78 is 38.8. The third kappa shape index (κ3) is 2.31. The molecule has 1 aromatic carbocycles. The lowest BCUT2D eigenvalue weighted by molar-refractivity contribution is -0.370. The van der Waals surface area contributed by atoms with E-state index in [0.717, 1.165) is 0 Å². The zero-order valence-electron chi connectivity index (χ0n) is 9.89. The quantitative estimate of drug-likeness (QED) is 0.880. The average molecular weight is 274 g/mol. The number of hydrogen-bond donors (Lipinski definition) is 2. The van der Waals surface area contributed by atoms with E-state index in [4.69, 9.17) is 5.73 Å². The molecule has 0 radical (unpaired) electrons. The second-order valence-electron chi connectivity index (χ2n) is 4.26. The fourth-order valence-corrected chi connectivity index (χ4v) is 2.04. The normalized spacial score (nSPS) is 27.0. The molecular weight excluding hydrogens is 261 g/mol. The minimum atomic E-state index is -4.94. The first kappa shape index (κ1) is 13.8. The summed E-state index contributed by atoms with van der Waals surface area (Å²) in [6.07, 6.45) is -5.02. The van der Waals surface area contributed by atoms with Crippen LogP contribution in [0.25, 0.3) is 0 Å². The number of halogens is 3. The summed E-state index contributed by atoms with van der Waals surface area (Å²) in [5.74, 6) is -4.64. The van der Waals surface area contributed by atoms with Crippen molar-refractivity contribution in [1.29, 1.82) is 0 Å². The molecule has 0 spiro atoms. The van der Waals surface area contributed by atoms with Crippen LogP contribution in [0.4, 0.5) is 13.2 Å². The Bertz CT molecular complexity index is 476. The minimum Gasteiger partial charge on any atom is -0.349 e. The number of rotatable bonds is 3. The van der Waals surface area contributed by atoms with Crippen molar-refractivity contribution < 1.29 is 23.1 Å². The Morgan fingerprint density at radius 3 is 2.47 bits per heavy atom. The Morgan fingerprint density at radius 1 is 1.32 bits per heavy atom. The van der Waals surface area contributed by atoms with Crippen LogP contribution in [-0.4, -0.2) is 29.3 Å². The molecule has 0 amide bonds. The van der Waals surface area contributed by atoms with Gasteiger partial charge in [-0.25, -0.2) is 0 Å². The van der Waals surface area contributed by atoms with Gasteiger partial charge < -0.3 is 15.7 Å². The molecule has 0 saturated carbocycles. The Kier molecular flexibility index (Phi) is 3.51. The SMILES string of the molecule is NCCC1C(c2ccccc2)=NOC1(O)C(F)(F)F. The summed E-state index contributed by atoms with van der Waals surface area (Å²) in [6, 6.07) is 8.28. The fraction of sp³-hybridized carbons (Fsp3) is 0.417. The van der Waals surface area contributed by atoms with Crippen LogP contribution in [0.3, 0.4) is 0 Å². The number of oxime groups is 1. The van der Waals surface area contributed by atoms with E-state index in [-0.39, 0.29) is 18.7 Å².